The van der Waals surface area contributed by atoms with E-state index in [1.165, 1.54) is 12.1 Å². The van der Waals surface area contributed by atoms with Crippen LogP contribution in [0.15, 0.2) is 24.3 Å². The highest BCUT2D eigenvalue weighted by atomic mass is 127. The van der Waals surface area contributed by atoms with Crippen LogP contribution >= 0.6 is 22.9 Å². The fourth-order valence-corrected chi connectivity index (χ4v) is 2.79. The third kappa shape index (κ3) is 10.0. The average Bonchev–Trinajstić information content (AvgIpc) is 2.49. The Bertz CT molecular complexity index is 463. The van der Waals surface area contributed by atoms with Gasteiger partial charge in [0.05, 0.1) is 28.4 Å². The molecule has 138 valence electrons. The van der Waals surface area contributed by atoms with E-state index in [1.54, 1.807) is 35.0 Å². The molecule has 0 heterocycles. The van der Waals surface area contributed by atoms with Gasteiger partial charge in [-0.05, 0) is 31.4 Å². The Labute approximate surface area is 155 Å². The van der Waals surface area contributed by atoms with E-state index >= 15 is 0 Å². The minimum absolute atomic E-state index is 0.0671. The maximum atomic E-state index is 12.8. The smallest absolute Gasteiger partial charge is 0.507 e. The molecule has 1 aromatic rings. The molecular formula is C14H24BFINO6. The molecule has 0 aromatic heterocycles. The Morgan fingerprint density at radius 1 is 1.17 bits per heavy atom. The van der Waals surface area contributed by atoms with Crippen molar-refractivity contribution < 1.29 is 34.6 Å². The van der Waals surface area contributed by atoms with Gasteiger partial charge in [0.25, 0.3) is 0 Å². The second kappa shape index (κ2) is 13.4. The first-order chi connectivity index (χ1) is 11.1. The van der Waals surface area contributed by atoms with Crippen molar-refractivity contribution in [2.24, 2.45) is 0 Å². The maximum Gasteiger partial charge on any atom is 0.631 e. The highest BCUT2D eigenvalue weighted by Crippen LogP contribution is 2.30. The normalized spacial score (nSPS) is 10.2. The van der Waals surface area contributed by atoms with Gasteiger partial charge in [0.2, 0.25) is 0 Å². The molecule has 24 heavy (non-hydrogen) atoms. The largest absolute Gasteiger partial charge is 0.631 e. The second-order valence-corrected chi connectivity index (χ2v) is 5.53. The standard InChI is InChI=1S/C7H15FIN.C7H6O3.BH3O3/c1-4-7(5-2,6-3)10(8)9;8-6-4-2-1-3-5(6)7(9)10;2-1(3)4/h4-6H2,1-3H3;1-4,8H,(H,9,10);2-4H. The summed E-state index contributed by atoms with van der Waals surface area (Å²) in [5.41, 5.74) is -0.289. The number of rotatable bonds is 5. The van der Waals surface area contributed by atoms with E-state index in [-0.39, 0.29) is 16.9 Å². The molecule has 10 heteroatoms. The minimum atomic E-state index is -2.17. The number of benzene rings is 1. The molecule has 0 saturated heterocycles. The molecule has 7 nitrogen and oxygen atoms in total. The molecule has 0 saturated carbocycles. The SMILES string of the molecule is CCC(CC)(CC)N(F)I.O=C(O)c1ccccc1O.OB(O)O. The van der Waals surface area contributed by atoms with Crippen molar-refractivity contribution in [2.75, 3.05) is 0 Å². The van der Waals surface area contributed by atoms with Crippen LogP contribution in [-0.2, 0) is 0 Å². The number of hydrogen-bond acceptors (Lipinski definition) is 6. The van der Waals surface area contributed by atoms with Crippen LogP contribution in [0.4, 0.5) is 4.48 Å². The predicted molar refractivity (Wildman–Crippen MR) is 98.0 cm³/mol. The van der Waals surface area contributed by atoms with Crippen LogP contribution in [-0.4, -0.2) is 47.5 Å². The molecule has 0 unspecified atom stereocenters. The van der Waals surface area contributed by atoms with Crippen LogP contribution in [0.1, 0.15) is 50.4 Å². The monoisotopic (exact) mass is 459 g/mol. The van der Waals surface area contributed by atoms with Gasteiger partial charge in [-0.2, -0.15) is 0 Å². The number of para-hydroxylation sites is 1. The summed E-state index contributed by atoms with van der Waals surface area (Å²) >= 11 is 1.72. The summed E-state index contributed by atoms with van der Waals surface area (Å²) in [5, 5.41) is 38.8. The summed E-state index contributed by atoms with van der Waals surface area (Å²) < 4.78 is 13.7. The van der Waals surface area contributed by atoms with E-state index in [4.69, 9.17) is 25.3 Å². The van der Waals surface area contributed by atoms with Crippen LogP contribution in [0.5, 0.6) is 5.75 Å². The molecule has 1 aromatic carbocycles. The van der Waals surface area contributed by atoms with Crippen molar-refractivity contribution >= 4 is 36.2 Å². The number of carboxylic acids is 1. The van der Waals surface area contributed by atoms with E-state index < -0.39 is 13.3 Å². The van der Waals surface area contributed by atoms with Crippen LogP contribution in [0.3, 0.4) is 0 Å². The zero-order valence-corrected chi connectivity index (χ0v) is 16.0. The van der Waals surface area contributed by atoms with Crippen molar-refractivity contribution in [3.05, 3.63) is 29.8 Å². The number of carbonyl (C=O) groups is 1. The molecule has 5 N–H and O–H groups in total. The molecular weight excluding hydrogens is 435 g/mol. The first kappa shape index (κ1) is 25.3. The van der Waals surface area contributed by atoms with Crippen LogP contribution in [0.2, 0.25) is 0 Å². The van der Waals surface area contributed by atoms with Gasteiger partial charge in [0.1, 0.15) is 11.3 Å². The van der Waals surface area contributed by atoms with Crippen molar-refractivity contribution in [1.82, 2.24) is 3.34 Å². The van der Waals surface area contributed by atoms with Gasteiger partial charge < -0.3 is 25.3 Å². The van der Waals surface area contributed by atoms with Gasteiger partial charge in [-0.3, -0.25) is 0 Å². The lowest BCUT2D eigenvalue weighted by Crippen LogP contribution is -2.36. The van der Waals surface area contributed by atoms with E-state index in [0.717, 1.165) is 22.6 Å². The van der Waals surface area contributed by atoms with E-state index in [1.807, 2.05) is 20.8 Å². The highest BCUT2D eigenvalue weighted by molar-refractivity contribution is 14.1. The molecule has 0 aliphatic rings. The lowest BCUT2D eigenvalue weighted by molar-refractivity contribution is 0.0343. The molecule has 0 radical (unpaired) electrons. The van der Waals surface area contributed by atoms with Crippen molar-refractivity contribution in [3.8, 4) is 5.75 Å². The van der Waals surface area contributed by atoms with Crippen LogP contribution < -0.4 is 0 Å². The zero-order valence-electron chi connectivity index (χ0n) is 13.9. The highest BCUT2D eigenvalue weighted by Gasteiger charge is 2.30. The van der Waals surface area contributed by atoms with E-state index in [9.17, 15) is 9.28 Å². The lowest BCUT2D eigenvalue weighted by Gasteiger charge is -2.31. The Kier molecular flexibility index (Phi) is 14.1. The summed E-state index contributed by atoms with van der Waals surface area (Å²) in [6.07, 6.45) is 2.62. The molecule has 0 fully saturated rings. The quantitative estimate of drug-likeness (QED) is 0.261. The predicted octanol–water partition coefficient (Wildman–Crippen LogP) is 2.53. The topological polar surface area (TPSA) is 121 Å². The van der Waals surface area contributed by atoms with Crippen molar-refractivity contribution in [1.29, 1.82) is 0 Å². The number of aromatic hydroxyl groups is 1. The van der Waals surface area contributed by atoms with Gasteiger partial charge in [0.15, 0.2) is 0 Å². The van der Waals surface area contributed by atoms with Gasteiger partial charge in [-0.15, -0.1) is 4.48 Å². The van der Waals surface area contributed by atoms with Gasteiger partial charge in [-0.1, -0.05) is 36.2 Å². The second-order valence-electron chi connectivity index (χ2n) is 4.69. The van der Waals surface area contributed by atoms with Gasteiger partial charge >= 0.3 is 13.3 Å². The minimum Gasteiger partial charge on any atom is -0.507 e. The molecule has 0 aliphatic heterocycles. The zero-order chi connectivity index (χ0) is 19.3. The number of carboxylic acid groups (broad SMARTS) is 1. The summed E-state index contributed by atoms with van der Waals surface area (Å²) in [6.45, 7) is 6.08. The molecule has 0 bridgehead atoms. The third-order valence-corrected chi connectivity index (χ3v) is 4.49. The Morgan fingerprint density at radius 3 is 1.71 bits per heavy atom. The Hall–Kier alpha value is -0.945. The van der Waals surface area contributed by atoms with E-state index in [0.29, 0.717) is 0 Å². The fourth-order valence-electron chi connectivity index (χ4n) is 1.76. The fraction of sp³-hybridized carbons (Fsp3) is 0.500. The molecule has 0 aliphatic carbocycles. The Morgan fingerprint density at radius 2 is 1.54 bits per heavy atom. The Balaban J connectivity index is 0. The summed E-state index contributed by atoms with van der Waals surface area (Å²) in [4.78, 5) is 10.3. The molecule has 0 atom stereocenters. The van der Waals surface area contributed by atoms with E-state index in [2.05, 4.69) is 0 Å². The summed E-state index contributed by atoms with van der Waals surface area (Å²) in [5.74, 6) is -1.31. The first-order valence-corrected chi connectivity index (χ1v) is 8.21. The van der Waals surface area contributed by atoms with Crippen molar-refractivity contribution in [3.63, 3.8) is 0 Å². The van der Waals surface area contributed by atoms with Gasteiger partial charge in [-0.25, -0.2) is 4.79 Å². The number of phenols is 1. The third-order valence-electron chi connectivity index (χ3n) is 3.47. The maximum absolute atomic E-state index is 12.8. The first-order valence-electron chi connectivity index (χ1n) is 7.25. The van der Waals surface area contributed by atoms with Gasteiger partial charge in [0, 0.05) is 0 Å². The number of nitrogens with zero attached hydrogens (tertiary/aromatic N) is 1. The summed E-state index contributed by atoms with van der Waals surface area (Å²) in [6, 6.07) is 5.81. The number of halogens is 2. The van der Waals surface area contributed by atoms with Crippen LogP contribution in [0.25, 0.3) is 0 Å². The lowest BCUT2D eigenvalue weighted by atomic mass is 9.91. The van der Waals surface area contributed by atoms with Crippen molar-refractivity contribution in [2.45, 2.75) is 45.6 Å². The molecule has 1 rings (SSSR count). The summed E-state index contributed by atoms with van der Waals surface area (Å²) in [7, 11) is -2.17. The molecule has 0 spiro atoms. The van der Waals surface area contributed by atoms with Crippen LogP contribution in [0, 0.1) is 0 Å². The molecule has 0 amide bonds. The average molecular weight is 459 g/mol. The number of hydrogen-bond donors (Lipinski definition) is 5. The number of aromatic carboxylic acids is 1.